The number of rotatable bonds is 7. The highest BCUT2D eigenvalue weighted by atomic mass is 19.1. The second-order valence-corrected chi connectivity index (χ2v) is 4.74. The van der Waals surface area contributed by atoms with Crippen LogP contribution in [0.2, 0.25) is 0 Å². The van der Waals surface area contributed by atoms with Crippen LogP contribution in [0.1, 0.15) is 19.4 Å². The molecule has 4 nitrogen and oxygen atoms in total. The first-order valence-corrected chi connectivity index (χ1v) is 7.28. The summed E-state index contributed by atoms with van der Waals surface area (Å²) in [4.78, 5) is 10.7. The molecule has 1 aromatic heterocycles. The average molecular weight is 288 g/mol. The van der Waals surface area contributed by atoms with E-state index in [2.05, 4.69) is 34.0 Å². The zero-order chi connectivity index (χ0) is 15.1. The average Bonchev–Trinajstić information content (AvgIpc) is 2.51. The summed E-state index contributed by atoms with van der Waals surface area (Å²) in [5, 5.41) is 3.28. The molecule has 21 heavy (non-hydrogen) atoms. The van der Waals surface area contributed by atoms with Gasteiger partial charge < -0.3 is 10.2 Å². The third-order valence-corrected chi connectivity index (χ3v) is 3.37. The maximum atomic E-state index is 12.8. The molecule has 0 radical (unpaired) electrons. The molecule has 0 fully saturated rings. The lowest BCUT2D eigenvalue weighted by molar-refractivity contribution is 0.627. The van der Waals surface area contributed by atoms with Crippen molar-refractivity contribution in [3.8, 4) is 0 Å². The minimum Gasteiger partial charge on any atom is -0.370 e. The van der Waals surface area contributed by atoms with Crippen molar-refractivity contribution >= 4 is 11.6 Å². The summed E-state index contributed by atoms with van der Waals surface area (Å²) in [6.45, 7) is 6.80. The second kappa shape index (κ2) is 7.57. The first-order valence-electron chi connectivity index (χ1n) is 7.28. The molecule has 0 unspecified atom stereocenters. The van der Waals surface area contributed by atoms with E-state index in [1.807, 2.05) is 6.07 Å². The lowest BCUT2D eigenvalue weighted by Crippen LogP contribution is -2.23. The Kier molecular flexibility index (Phi) is 5.49. The monoisotopic (exact) mass is 288 g/mol. The van der Waals surface area contributed by atoms with Crippen LogP contribution < -0.4 is 10.2 Å². The van der Waals surface area contributed by atoms with Gasteiger partial charge in [-0.1, -0.05) is 12.1 Å². The molecule has 2 rings (SSSR count). The highest BCUT2D eigenvalue weighted by molar-refractivity contribution is 5.48. The topological polar surface area (TPSA) is 41.0 Å². The third-order valence-electron chi connectivity index (χ3n) is 3.37. The quantitative estimate of drug-likeness (QED) is 0.850. The summed E-state index contributed by atoms with van der Waals surface area (Å²) >= 11 is 0. The Hall–Kier alpha value is -2.17. The number of anilines is 2. The van der Waals surface area contributed by atoms with E-state index in [-0.39, 0.29) is 5.82 Å². The van der Waals surface area contributed by atoms with Crippen LogP contribution in [-0.4, -0.2) is 29.6 Å². The summed E-state index contributed by atoms with van der Waals surface area (Å²) < 4.78 is 12.8. The Morgan fingerprint density at radius 2 is 1.81 bits per heavy atom. The molecule has 0 spiro atoms. The lowest BCUT2D eigenvalue weighted by atomic mass is 10.1. The summed E-state index contributed by atoms with van der Waals surface area (Å²) in [6.07, 6.45) is 2.40. The Balaban J connectivity index is 1.91. The van der Waals surface area contributed by atoms with Crippen LogP contribution in [0.4, 0.5) is 16.0 Å². The van der Waals surface area contributed by atoms with E-state index in [0.717, 1.165) is 43.3 Å². The molecule has 0 bridgehead atoms. The van der Waals surface area contributed by atoms with Crippen LogP contribution in [0.15, 0.2) is 36.7 Å². The fourth-order valence-electron chi connectivity index (χ4n) is 2.15. The van der Waals surface area contributed by atoms with Crippen LogP contribution in [0, 0.1) is 5.82 Å². The molecule has 1 heterocycles. The van der Waals surface area contributed by atoms with Gasteiger partial charge in [-0.3, -0.25) is 0 Å². The van der Waals surface area contributed by atoms with E-state index in [9.17, 15) is 4.39 Å². The van der Waals surface area contributed by atoms with E-state index >= 15 is 0 Å². The van der Waals surface area contributed by atoms with E-state index in [0.29, 0.717) is 0 Å². The van der Waals surface area contributed by atoms with Crippen molar-refractivity contribution in [2.45, 2.75) is 20.3 Å². The van der Waals surface area contributed by atoms with Gasteiger partial charge in [0.05, 0.1) is 0 Å². The highest BCUT2D eigenvalue weighted by Crippen LogP contribution is 2.13. The minimum absolute atomic E-state index is 0.202. The van der Waals surface area contributed by atoms with Crippen LogP contribution in [-0.2, 0) is 6.42 Å². The molecule has 0 aliphatic carbocycles. The number of aromatic nitrogens is 2. The number of nitrogens with zero attached hydrogens (tertiary/aromatic N) is 3. The van der Waals surface area contributed by atoms with Gasteiger partial charge in [-0.05, 0) is 38.0 Å². The Morgan fingerprint density at radius 1 is 1.10 bits per heavy atom. The summed E-state index contributed by atoms with van der Waals surface area (Å²) in [5.41, 5.74) is 1.10. The molecule has 0 saturated heterocycles. The SMILES string of the molecule is CCN(CC)c1cc(NCCc2ccc(F)cc2)ncn1. The highest BCUT2D eigenvalue weighted by Gasteiger charge is 2.04. The first kappa shape index (κ1) is 15.2. The van der Waals surface area contributed by atoms with Gasteiger partial charge in [0.2, 0.25) is 0 Å². The largest absolute Gasteiger partial charge is 0.370 e. The predicted molar refractivity (Wildman–Crippen MR) is 84.2 cm³/mol. The minimum atomic E-state index is -0.202. The summed E-state index contributed by atoms with van der Waals surface area (Å²) in [6, 6.07) is 8.53. The molecule has 0 amide bonds. The van der Waals surface area contributed by atoms with Gasteiger partial charge in [-0.25, -0.2) is 14.4 Å². The normalized spacial score (nSPS) is 10.4. The van der Waals surface area contributed by atoms with Gasteiger partial charge in [0.1, 0.15) is 23.8 Å². The fourth-order valence-corrected chi connectivity index (χ4v) is 2.15. The Labute approximate surface area is 125 Å². The molecule has 1 N–H and O–H groups in total. The Morgan fingerprint density at radius 3 is 2.48 bits per heavy atom. The van der Waals surface area contributed by atoms with E-state index in [1.165, 1.54) is 12.1 Å². The number of hydrogen-bond acceptors (Lipinski definition) is 4. The summed E-state index contributed by atoms with van der Waals surface area (Å²) in [5.74, 6) is 1.54. The third kappa shape index (κ3) is 4.41. The first-order chi connectivity index (χ1) is 10.2. The number of hydrogen-bond donors (Lipinski definition) is 1. The molecule has 0 aliphatic rings. The van der Waals surface area contributed by atoms with Gasteiger partial charge in [0, 0.05) is 25.7 Å². The zero-order valence-corrected chi connectivity index (χ0v) is 12.5. The fraction of sp³-hybridized carbons (Fsp3) is 0.375. The molecule has 0 atom stereocenters. The van der Waals surface area contributed by atoms with E-state index in [4.69, 9.17) is 0 Å². The van der Waals surface area contributed by atoms with Crippen molar-refractivity contribution in [3.63, 3.8) is 0 Å². The maximum Gasteiger partial charge on any atom is 0.134 e. The maximum absolute atomic E-state index is 12.8. The smallest absolute Gasteiger partial charge is 0.134 e. The standard InChI is InChI=1S/C16H21FN4/c1-3-21(4-2)16-11-15(19-12-20-16)18-10-9-13-5-7-14(17)8-6-13/h5-8,11-12H,3-4,9-10H2,1-2H3,(H,18,19,20). The zero-order valence-electron chi connectivity index (χ0n) is 12.5. The van der Waals surface area contributed by atoms with Gasteiger partial charge in [0.25, 0.3) is 0 Å². The summed E-state index contributed by atoms with van der Waals surface area (Å²) in [7, 11) is 0. The van der Waals surface area contributed by atoms with Crippen LogP contribution in [0.25, 0.3) is 0 Å². The molecule has 0 aliphatic heterocycles. The van der Waals surface area contributed by atoms with Crippen molar-refractivity contribution in [1.29, 1.82) is 0 Å². The number of halogens is 1. The Bertz CT molecular complexity index is 552. The van der Waals surface area contributed by atoms with Crippen LogP contribution in [0.5, 0.6) is 0 Å². The second-order valence-electron chi connectivity index (χ2n) is 4.74. The molecule has 5 heteroatoms. The van der Waals surface area contributed by atoms with Crippen molar-refractivity contribution in [2.75, 3.05) is 29.9 Å². The van der Waals surface area contributed by atoms with Gasteiger partial charge >= 0.3 is 0 Å². The van der Waals surface area contributed by atoms with Crippen LogP contribution >= 0.6 is 0 Å². The van der Waals surface area contributed by atoms with Crippen LogP contribution in [0.3, 0.4) is 0 Å². The number of nitrogens with one attached hydrogen (secondary N) is 1. The molecular weight excluding hydrogens is 267 g/mol. The predicted octanol–water partition coefficient (Wildman–Crippen LogP) is 3.12. The molecule has 112 valence electrons. The van der Waals surface area contributed by atoms with Crippen molar-refractivity contribution in [3.05, 3.63) is 48.0 Å². The molecule has 1 aromatic carbocycles. The van der Waals surface area contributed by atoms with E-state index in [1.54, 1.807) is 18.5 Å². The van der Waals surface area contributed by atoms with Crippen molar-refractivity contribution in [1.82, 2.24) is 9.97 Å². The lowest BCUT2D eigenvalue weighted by Gasteiger charge is -2.19. The van der Waals surface area contributed by atoms with Gasteiger partial charge in [0.15, 0.2) is 0 Å². The number of benzene rings is 1. The molecule has 0 saturated carbocycles. The van der Waals surface area contributed by atoms with Crippen molar-refractivity contribution in [2.24, 2.45) is 0 Å². The van der Waals surface area contributed by atoms with Crippen molar-refractivity contribution < 1.29 is 4.39 Å². The van der Waals surface area contributed by atoms with Gasteiger partial charge in [-0.2, -0.15) is 0 Å². The van der Waals surface area contributed by atoms with Gasteiger partial charge in [-0.15, -0.1) is 0 Å². The molecule has 2 aromatic rings. The van der Waals surface area contributed by atoms with E-state index < -0.39 is 0 Å². The molecular formula is C16H21FN4.